The van der Waals surface area contributed by atoms with E-state index in [4.69, 9.17) is 4.74 Å². The highest BCUT2D eigenvalue weighted by Crippen LogP contribution is 2.40. The van der Waals surface area contributed by atoms with Gasteiger partial charge in [0.25, 0.3) is 0 Å². The van der Waals surface area contributed by atoms with Crippen molar-refractivity contribution in [1.29, 1.82) is 0 Å². The van der Waals surface area contributed by atoms with Crippen LogP contribution in [0.1, 0.15) is 51.0 Å². The molecule has 1 nitrogen and oxygen atoms in total. The first kappa shape index (κ1) is 21.3. The van der Waals surface area contributed by atoms with Crippen molar-refractivity contribution in [1.82, 2.24) is 0 Å². The first-order chi connectivity index (χ1) is 13.8. The molecule has 0 aliphatic heterocycles. The Hall–Kier alpha value is -2.37. The quantitative estimate of drug-likeness (QED) is 0.465. The summed E-state index contributed by atoms with van der Waals surface area (Å²) in [5.41, 5.74) is -0.478. The predicted octanol–water partition coefficient (Wildman–Crippen LogP) is 7.46. The minimum absolute atomic E-state index is 0.101. The van der Waals surface area contributed by atoms with Crippen LogP contribution in [0, 0.1) is 29.2 Å². The molecule has 156 valence electrons. The van der Waals surface area contributed by atoms with Gasteiger partial charge in [0.05, 0.1) is 12.4 Å². The van der Waals surface area contributed by atoms with Crippen LogP contribution >= 0.6 is 0 Å². The first-order valence-electron chi connectivity index (χ1n) is 9.76. The topological polar surface area (TPSA) is 9.23 Å². The summed E-state index contributed by atoms with van der Waals surface area (Å²) in [5.74, 6) is -5.36. The van der Waals surface area contributed by atoms with Crippen LogP contribution < -0.4 is 4.74 Å². The van der Waals surface area contributed by atoms with Crippen molar-refractivity contribution in [3.8, 4) is 16.9 Å². The Kier molecular flexibility index (Phi) is 6.60. The number of hydrogen-bond donors (Lipinski definition) is 0. The second-order valence-corrected chi connectivity index (χ2v) is 7.37. The highest BCUT2D eigenvalue weighted by atomic mass is 19.2. The zero-order valence-corrected chi connectivity index (χ0v) is 16.4. The fourth-order valence-corrected chi connectivity index (χ4v) is 4.02. The Morgan fingerprint density at radius 3 is 2.07 bits per heavy atom. The van der Waals surface area contributed by atoms with Gasteiger partial charge in [-0.1, -0.05) is 18.2 Å². The molecule has 0 aromatic heterocycles. The van der Waals surface area contributed by atoms with Crippen LogP contribution in [0.5, 0.6) is 5.75 Å². The van der Waals surface area contributed by atoms with Gasteiger partial charge >= 0.3 is 0 Å². The number of allylic oxidation sites excluding steroid dienone is 2. The monoisotopic (exact) mass is 410 g/mol. The van der Waals surface area contributed by atoms with Gasteiger partial charge in [-0.25, -0.2) is 17.6 Å². The third kappa shape index (κ3) is 4.46. The van der Waals surface area contributed by atoms with Crippen LogP contribution in [0.15, 0.2) is 36.2 Å². The summed E-state index contributed by atoms with van der Waals surface area (Å²) in [7, 11) is 0. The van der Waals surface area contributed by atoms with Crippen molar-refractivity contribution in [3.63, 3.8) is 0 Å². The number of rotatable bonds is 5. The van der Waals surface area contributed by atoms with E-state index in [1.165, 1.54) is 31.2 Å². The number of ether oxygens (including phenoxy) is 1. The molecule has 2 aromatic carbocycles. The van der Waals surface area contributed by atoms with E-state index in [-0.39, 0.29) is 46.7 Å². The molecular formula is C23H23F5O. The Morgan fingerprint density at radius 1 is 0.897 bits per heavy atom. The lowest BCUT2D eigenvalue weighted by Crippen LogP contribution is -2.14. The van der Waals surface area contributed by atoms with Gasteiger partial charge in [0.2, 0.25) is 5.82 Å². The third-order valence-corrected chi connectivity index (χ3v) is 5.43. The van der Waals surface area contributed by atoms with Crippen LogP contribution in [-0.2, 0) is 0 Å². The standard InChI is InChI=1S/C23H23F5O/c1-3-29-19-11-10-18(22(27)23(19)28)17-9-8-16(20(25)21(17)26)15-6-4-14(5-7-15)12-13(2)24/h8-12,14-15H,3-7H2,1-2H3. The smallest absolute Gasteiger partial charge is 0.201 e. The SMILES string of the molecule is CCOc1ccc(-c2ccc(C3CCC(C=C(C)F)CC3)c(F)c2F)c(F)c1F. The molecule has 1 saturated carbocycles. The van der Waals surface area contributed by atoms with Crippen molar-refractivity contribution >= 4 is 0 Å². The molecule has 0 heterocycles. The lowest BCUT2D eigenvalue weighted by molar-refractivity contribution is 0.314. The van der Waals surface area contributed by atoms with Gasteiger partial charge in [0.15, 0.2) is 23.2 Å². The summed E-state index contributed by atoms with van der Waals surface area (Å²) >= 11 is 0. The van der Waals surface area contributed by atoms with Gasteiger partial charge in [-0.05, 0) is 69.1 Å². The molecule has 0 atom stereocenters. The van der Waals surface area contributed by atoms with Crippen LogP contribution in [-0.4, -0.2) is 6.61 Å². The number of halogens is 5. The van der Waals surface area contributed by atoms with Crippen LogP contribution in [0.3, 0.4) is 0 Å². The van der Waals surface area contributed by atoms with Gasteiger partial charge in [0.1, 0.15) is 0 Å². The minimum atomic E-state index is -1.28. The van der Waals surface area contributed by atoms with Crippen molar-refractivity contribution in [2.24, 2.45) is 5.92 Å². The van der Waals surface area contributed by atoms with Gasteiger partial charge in [-0.3, -0.25) is 0 Å². The molecule has 0 spiro atoms. The molecule has 6 heteroatoms. The second-order valence-electron chi connectivity index (χ2n) is 7.37. The van der Waals surface area contributed by atoms with Gasteiger partial charge in [-0.15, -0.1) is 0 Å². The highest BCUT2D eigenvalue weighted by molar-refractivity contribution is 5.66. The van der Waals surface area contributed by atoms with E-state index >= 15 is 0 Å². The largest absolute Gasteiger partial charge is 0.491 e. The predicted molar refractivity (Wildman–Crippen MR) is 102 cm³/mol. The van der Waals surface area contributed by atoms with Gasteiger partial charge in [-0.2, -0.15) is 4.39 Å². The second kappa shape index (κ2) is 8.97. The molecule has 0 saturated heterocycles. The minimum Gasteiger partial charge on any atom is -0.491 e. The Labute approximate surface area is 167 Å². The fraction of sp³-hybridized carbons (Fsp3) is 0.391. The third-order valence-electron chi connectivity index (χ3n) is 5.43. The maximum Gasteiger partial charge on any atom is 0.201 e. The van der Waals surface area contributed by atoms with Crippen LogP contribution in [0.2, 0.25) is 0 Å². The first-order valence-corrected chi connectivity index (χ1v) is 9.76. The van der Waals surface area contributed by atoms with Crippen LogP contribution in [0.25, 0.3) is 11.1 Å². The maximum absolute atomic E-state index is 14.8. The van der Waals surface area contributed by atoms with E-state index in [9.17, 15) is 22.0 Å². The van der Waals surface area contributed by atoms with Crippen molar-refractivity contribution in [2.75, 3.05) is 6.61 Å². The summed E-state index contributed by atoms with van der Waals surface area (Å²) in [6.07, 6.45) is 4.16. The lowest BCUT2D eigenvalue weighted by atomic mass is 9.78. The molecule has 0 bridgehead atoms. The maximum atomic E-state index is 14.8. The van der Waals surface area contributed by atoms with Crippen LogP contribution in [0.4, 0.5) is 22.0 Å². The Bertz CT molecular complexity index is 910. The Morgan fingerprint density at radius 2 is 1.48 bits per heavy atom. The summed E-state index contributed by atoms with van der Waals surface area (Å²) < 4.78 is 76.1. The zero-order chi connectivity index (χ0) is 21.1. The van der Waals surface area contributed by atoms with E-state index < -0.39 is 23.3 Å². The van der Waals surface area contributed by atoms with Crippen molar-refractivity contribution in [3.05, 3.63) is 65.0 Å². The summed E-state index contributed by atoms with van der Waals surface area (Å²) in [6, 6.07) is 5.09. The van der Waals surface area contributed by atoms with E-state index in [0.717, 1.165) is 0 Å². The number of benzene rings is 2. The van der Waals surface area contributed by atoms with E-state index in [0.29, 0.717) is 25.7 Å². The average molecular weight is 410 g/mol. The fourth-order valence-electron chi connectivity index (χ4n) is 4.02. The van der Waals surface area contributed by atoms with Gasteiger partial charge < -0.3 is 4.74 Å². The summed E-state index contributed by atoms with van der Waals surface area (Å²) in [6.45, 7) is 3.17. The average Bonchev–Trinajstić information content (AvgIpc) is 2.69. The molecule has 29 heavy (non-hydrogen) atoms. The molecule has 0 radical (unpaired) electrons. The molecule has 0 N–H and O–H groups in total. The molecule has 0 unspecified atom stereocenters. The van der Waals surface area contributed by atoms with Crippen molar-refractivity contribution in [2.45, 2.75) is 45.4 Å². The zero-order valence-electron chi connectivity index (χ0n) is 16.4. The molecule has 1 aliphatic rings. The molecule has 3 rings (SSSR count). The van der Waals surface area contributed by atoms with Crippen molar-refractivity contribution < 1.29 is 26.7 Å². The Balaban J connectivity index is 1.88. The molecule has 0 amide bonds. The molecule has 1 fully saturated rings. The summed E-state index contributed by atoms with van der Waals surface area (Å²) in [5, 5.41) is 0. The normalized spacial score (nSPS) is 20.0. The van der Waals surface area contributed by atoms with E-state index in [2.05, 4.69) is 0 Å². The van der Waals surface area contributed by atoms with E-state index in [1.54, 1.807) is 13.0 Å². The summed E-state index contributed by atoms with van der Waals surface area (Å²) in [4.78, 5) is 0. The highest BCUT2D eigenvalue weighted by Gasteiger charge is 2.27. The molecule has 2 aromatic rings. The van der Waals surface area contributed by atoms with E-state index in [1.807, 2.05) is 0 Å². The lowest BCUT2D eigenvalue weighted by Gasteiger charge is -2.27. The molecular weight excluding hydrogens is 387 g/mol. The number of hydrogen-bond acceptors (Lipinski definition) is 1. The van der Waals surface area contributed by atoms with Gasteiger partial charge in [0, 0.05) is 11.1 Å². The molecule has 1 aliphatic carbocycles.